The average Bonchev–Trinajstić information content (AvgIpc) is 2.77. The van der Waals surface area contributed by atoms with Gasteiger partial charge < -0.3 is 19.9 Å². The molecule has 1 atom stereocenters. The molecule has 8 heteroatoms. The Bertz CT molecular complexity index is 647. The van der Waals surface area contributed by atoms with E-state index in [-0.39, 0.29) is 12.0 Å². The van der Waals surface area contributed by atoms with Gasteiger partial charge in [0.15, 0.2) is 0 Å². The van der Waals surface area contributed by atoms with E-state index < -0.39 is 23.3 Å². The van der Waals surface area contributed by atoms with Crippen LogP contribution in [-0.4, -0.2) is 71.8 Å². The molecule has 1 unspecified atom stereocenters. The van der Waals surface area contributed by atoms with E-state index in [0.717, 1.165) is 25.7 Å². The zero-order chi connectivity index (χ0) is 23.7. The van der Waals surface area contributed by atoms with E-state index in [9.17, 15) is 19.2 Å². The molecule has 182 valence electrons. The summed E-state index contributed by atoms with van der Waals surface area (Å²) >= 11 is 0. The number of hydrogen-bond donors (Lipinski definition) is 1. The van der Waals surface area contributed by atoms with Gasteiger partial charge in [0, 0.05) is 26.2 Å². The second-order valence-corrected chi connectivity index (χ2v) is 10.2. The molecule has 2 fully saturated rings. The lowest BCUT2D eigenvalue weighted by Crippen LogP contribution is -2.50. The number of amides is 3. The van der Waals surface area contributed by atoms with Crippen molar-refractivity contribution in [3.05, 3.63) is 0 Å². The summed E-state index contributed by atoms with van der Waals surface area (Å²) in [5.74, 6) is -0.514. The zero-order valence-electron chi connectivity index (χ0n) is 20.2. The average molecular weight is 452 g/mol. The number of Topliss-reactive ketones (excluding diaryl/α,β-unsaturated/α-hetero) is 1. The Kier molecular flexibility index (Phi) is 9.97. The van der Waals surface area contributed by atoms with Crippen LogP contribution in [0.5, 0.6) is 0 Å². The molecule has 1 N–H and O–H groups in total. The van der Waals surface area contributed by atoms with Crippen molar-refractivity contribution < 1.29 is 23.9 Å². The van der Waals surface area contributed by atoms with Gasteiger partial charge >= 0.3 is 6.09 Å². The van der Waals surface area contributed by atoms with Gasteiger partial charge in [-0.2, -0.15) is 0 Å². The second-order valence-electron chi connectivity index (χ2n) is 10.2. The highest BCUT2D eigenvalue weighted by atomic mass is 16.6. The van der Waals surface area contributed by atoms with E-state index in [1.807, 2.05) is 27.7 Å². The molecule has 0 aromatic rings. The number of hydrogen-bond acceptors (Lipinski definition) is 5. The Balaban J connectivity index is 1.84. The van der Waals surface area contributed by atoms with Crippen molar-refractivity contribution in [2.45, 2.75) is 90.7 Å². The van der Waals surface area contributed by atoms with Crippen LogP contribution in [0.2, 0.25) is 0 Å². The van der Waals surface area contributed by atoms with E-state index >= 15 is 0 Å². The summed E-state index contributed by atoms with van der Waals surface area (Å²) < 4.78 is 5.43. The van der Waals surface area contributed by atoms with E-state index in [2.05, 4.69) is 5.32 Å². The van der Waals surface area contributed by atoms with Gasteiger partial charge in [-0.25, -0.2) is 4.79 Å². The van der Waals surface area contributed by atoms with E-state index in [4.69, 9.17) is 4.74 Å². The molecule has 0 aromatic carbocycles. The quantitative estimate of drug-likeness (QED) is 0.429. The van der Waals surface area contributed by atoms with Gasteiger partial charge in [-0.1, -0.05) is 26.2 Å². The summed E-state index contributed by atoms with van der Waals surface area (Å²) in [4.78, 5) is 52.4. The maximum Gasteiger partial charge on any atom is 0.410 e. The molecule has 3 amide bonds. The highest BCUT2D eigenvalue weighted by Gasteiger charge is 2.32. The van der Waals surface area contributed by atoms with Crippen LogP contribution in [0, 0.1) is 11.8 Å². The van der Waals surface area contributed by atoms with Crippen LogP contribution in [-0.2, 0) is 19.1 Å². The molecule has 2 aliphatic rings. The van der Waals surface area contributed by atoms with Gasteiger partial charge in [0.1, 0.15) is 5.60 Å². The van der Waals surface area contributed by atoms with Crippen LogP contribution in [0.25, 0.3) is 0 Å². The van der Waals surface area contributed by atoms with Crippen LogP contribution in [0.3, 0.4) is 0 Å². The fourth-order valence-corrected chi connectivity index (χ4v) is 4.60. The summed E-state index contributed by atoms with van der Waals surface area (Å²) in [5.41, 5.74) is -0.533. The van der Waals surface area contributed by atoms with Crippen molar-refractivity contribution >= 4 is 24.2 Å². The Morgan fingerprint density at radius 3 is 2.22 bits per heavy atom. The molecule has 0 bridgehead atoms. The van der Waals surface area contributed by atoms with Crippen molar-refractivity contribution in [2.75, 3.05) is 26.2 Å². The zero-order valence-corrected chi connectivity index (χ0v) is 20.2. The minimum absolute atomic E-state index is 0.172. The molecule has 1 saturated heterocycles. The molecule has 1 saturated carbocycles. The highest BCUT2D eigenvalue weighted by Crippen LogP contribution is 2.23. The Morgan fingerprint density at radius 2 is 1.69 bits per heavy atom. The third-order valence-corrected chi connectivity index (χ3v) is 6.46. The number of ether oxygens (including phenoxy) is 1. The molecule has 0 aromatic heterocycles. The van der Waals surface area contributed by atoms with Crippen molar-refractivity contribution in [3.8, 4) is 0 Å². The molecule has 1 aliphatic heterocycles. The van der Waals surface area contributed by atoms with Crippen LogP contribution in [0.4, 0.5) is 4.79 Å². The monoisotopic (exact) mass is 451 g/mol. The number of piperidine rings is 1. The maximum absolute atomic E-state index is 12.8. The van der Waals surface area contributed by atoms with Gasteiger partial charge in [0.2, 0.25) is 12.2 Å². The molecule has 32 heavy (non-hydrogen) atoms. The molecule has 0 radical (unpaired) electrons. The molecular weight excluding hydrogens is 410 g/mol. The van der Waals surface area contributed by atoms with Gasteiger partial charge in [0.05, 0.1) is 6.04 Å². The number of ketones is 1. The fourth-order valence-electron chi connectivity index (χ4n) is 4.60. The van der Waals surface area contributed by atoms with Crippen LogP contribution < -0.4 is 5.32 Å². The van der Waals surface area contributed by atoms with Gasteiger partial charge in [-0.3, -0.25) is 14.4 Å². The first-order valence-electron chi connectivity index (χ1n) is 12.2. The number of nitrogens with one attached hydrogen (secondary N) is 1. The summed E-state index contributed by atoms with van der Waals surface area (Å²) in [5, 5.41) is 2.80. The van der Waals surface area contributed by atoms with Crippen LogP contribution >= 0.6 is 0 Å². The van der Waals surface area contributed by atoms with Gasteiger partial charge in [0.25, 0.3) is 5.91 Å². The molecule has 2 rings (SSSR count). The van der Waals surface area contributed by atoms with E-state index in [0.29, 0.717) is 44.9 Å². The Hall–Kier alpha value is -2.12. The largest absolute Gasteiger partial charge is 0.444 e. The lowest BCUT2D eigenvalue weighted by molar-refractivity contribution is -0.143. The summed E-state index contributed by atoms with van der Waals surface area (Å²) in [6.07, 6.45) is 7.99. The topological polar surface area (TPSA) is 96.0 Å². The molecule has 8 nitrogen and oxygen atoms in total. The van der Waals surface area contributed by atoms with Crippen molar-refractivity contribution in [3.63, 3.8) is 0 Å². The third-order valence-electron chi connectivity index (χ3n) is 6.46. The lowest BCUT2D eigenvalue weighted by Gasteiger charge is -2.36. The summed E-state index contributed by atoms with van der Waals surface area (Å²) in [6.45, 7) is 9.39. The van der Waals surface area contributed by atoms with Crippen LogP contribution in [0.15, 0.2) is 0 Å². The standard InChI is InChI=1S/C24H41N3O5/c1-5-20(21(29)22(30)25-15-18-9-7-6-8-10-18)27(17-28)16-19-11-13-26(14-12-19)23(31)32-24(2,3)4/h17-20H,5-16H2,1-4H3,(H,25,30). The number of nitrogens with zero attached hydrogens (tertiary/aromatic N) is 2. The molecule has 0 spiro atoms. The number of likely N-dealkylation sites (tertiary alicyclic amines) is 1. The van der Waals surface area contributed by atoms with Crippen molar-refractivity contribution in [2.24, 2.45) is 11.8 Å². The predicted molar refractivity (Wildman–Crippen MR) is 122 cm³/mol. The summed E-state index contributed by atoms with van der Waals surface area (Å²) in [7, 11) is 0. The molecular formula is C24H41N3O5. The molecule has 1 aliphatic carbocycles. The van der Waals surface area contributed by atoms with E-state index in [1.165, 1.54) is 24.2 Å². The van der Waals surface area contributed by atoms with Gasteiger partial charge in [-0.15, -0.1) is 0 Å². The third kappa shape index (κ3) is 8.10. The predicted octanol–water partition coefficient (Wildman–Crippen LogP) is 3.14. The normalized spacial score (nSPS) is 19.2. The maximum atomic E-state index is 12.8. The highest BCUT2D eigenvalue weighted by molar-refractivity contribution is 6.38. The minimum atomic E-state index is -0.747. The lowest BCUT2D eigenvalue weighted by atomic mass is 9.89. The van der Waals surface area contributed by atoms with E-state index in [1.54, 1.807) is 4.90 Å². The second kappa shape index (κ2) is 12.2. The minimum Gasteiger partial charge on any atom is -0.444 e. The Morgan fingerprint density at radius 1 is 1.06 bits per heavy atom. The number of carbonyl (C=O) groups excluding carboxylic acids is 4. The number of rotatable bonds is 9. The smallest absolute Gasteiger partial charge is 0.410 e. The Labute approximate surface area is 192 Å². The van der Waals surface area contributed by atoms with Crippen molar-refractivity contribution in [1.82, 2.24) is 15.1 Å². The molecule has 1 heterocycles. The first kappa shape index (κ1) is 26.1. The van der Waals surface area contributed by atoms with Crippen molar-refractivity contribution in [1.29, 1.82) is 0 Å². The fraction of sp³-hybridized carbons (Fsp3) is 0.833. The number of carbonyl (C=O) groups is 4. The van der Waals surface area contributed by atoms with Crippen LogP contribution in [0.1, 0.15) is 79.1 Å². The van der Waals surface area contributed by atoms with Gasteiger partial charge in [-0.05, 0) is 64.7 Å². The first-order chi connectivity index (χ1) is 15.1. The summed E-state index contributed by atoms with van der Waals surface area (Å²) in [6, 6.07) is -0.747. The first-order valence-corrected chi connectivity index (χ1v) is 12.2. The SMILES string of the molecule is CCC(C(=O)C(=O)NCC1CCCCC1)N(C=O)CC1CCN(C(=O)OC(C)(C)C)CC1.